The second-order valence-electron chi connectivity index (χ2n) is 0.962. The fourth-order valence-electron chi connectivity index (χ4n) is 0.321. The van der Waals surface area contributed by atoms with Crippen molar-refractivity contribution in [2.75, 3.05) is 0 Å². The van der Waals surface area contributed by atoms with E-state index in [1.54, 1.807) is 20.8 Å². The molecule has 3 heteroatoms. The molecular weight excluding hydrogens is 346 g/mol. The van der Waals surface area contributed by atoms with E-state index in [1.807, 2.05) is 30.3 Å². The molecule has 0 N–H and O–H groups in total. The van der Waals surface area contributed by atoms with Crippen molar-refractivity contribution >= 4 is 0 Å². The molecule has 0 amide bonds. The predicted octanol–water partition coefficient (Wildman–Crippen LogP) is 4.25. The Kier molecular flexibility index (Phi) is 166. The monoisotopic (exact) mass is 366 g/mol. The van der Waals surface area contributed by atoms with Crippen LogP contribution in [0.2, 0.25) is 0 Å². The molecule has 86 valence electrons. The largest absolute Gasteiger partial charge is 0.577 e. The van der Waals surface area contributed by atoms with Gasteiger partial charge in [0.1, 0.15) is 0 Å². The number of nitrogens with zero attached hydrogens (tertiary/aromatic N) is 1. The van der Waals surface area contributed by atoms with Crippen molar-refractivity contribution in [1.29, 1.82) is 0 Å². The molecule has 1 aromatic carbocycles. The third-order valence-electron chi connectivity index (χ3n) is 0.556. The average molecular weight is 366 g/mol. The van der Waals surface area contributed by atoms with Crippen LogP contribution in [0.1, 0.15) is 20.8 Å². The van der Waals surface area contributed by atoms with Crippen LogP contribution in [0.4, 0.5) is 0 Å². The summed E-state index contributed by atoms with van der Waals surface area (Å²) >= 11 is 0. The first kappa shape index (κ1) is 29.2. The van der Waals surface area contributed by atoms with Gasteiger partial charge >= 0.3 is 0 Å². The van der Waals surface area contributed by atoms with E-state index < -0.39 is 0 Å². The van der Waals surface area contributed by atoms with Crippen LogP contribution in [0.3, 0.4) is 0 Å². The van der Waals surface area contributed by atoms with E-state index in [0.717, 1.165) is 0 Å². The van der Waals surface area contributed by atoms with E-state index in [0.29, 0.717) is 0 Å². The Morgan fingerprint density at radius 3 is 1.14 bits per heavy atom. The maximum Gasteiger partial charge on any atom is 0 e. The Bertz CT molecular complexity index is 82.2. The normalized spacial score (nSPS) is 4.43. The third-order valence-corrected chi connectivity index (χ3v) is 0.556. The summed E-state index contributed by atoms with van der Waals surface area (Å²) in [5.41, 5.74) is 5.75. The van der Waals surface area contributed by atoms with Crippen LogP contribution in [-0.4, -0.2) is 0 Å². The molecule has 0 saturated carbocycles. The fourth-order valence-corrected chi connectivity index (χ4v) is 0.321. The molecule has 2 nitrogen and oxygen atoms in total. The molecule has 0 fully saturated rings. The zero-order chi connectivity index (χ0) is 11.5. The first-order chi connectivity index (χ1) is 6.50. The van der Waals surface area contributed by atoms with Crippen molar-refractivity contribution < 1.29 is 21.1 Å². The molecule has 0 unspecified atom stereocenters. The molecule has 0 saturated heterocycles. The van der Waals surface area contributed by atoms with Gasteiger partial charge in [0.15, 0.2) is 0 Å². The molecule has 0 atom stereocenters. The Labute approximate surface area is 104 Å². The third kappa shape index (κ3) is 61.2. The van der Waals surface area contributed by atoms with Crippen LogP contribution < -0.4 is 0 Å². The van der Waals surface area contributed by atoms with E-state index >= 15 is 0 Å². The second kappa shape index (κ2) is 79.6. The molecule has 0 radical (unpaired) electrons. The molecule has 0 aromatic heterocycles. The molecule has 14 heavy (non-hydrogen) atoms. The fraction of sp³-hybridized carbons (Fsp3) is 0.273. The van der Waals surface area contributed by atoms with Crippen molar-refractivity contribution in [3.63, 3.8) is 0 Å². The minimum absolute atomic E-state index is 0. The maximum absolute atomic E-state index is 7.25. The SMILES string of the molecule is [CH2-]C.[CH2-]C.[CH2-]C.[N-]=O.[W].c1cc[cH-]c1. The number of rotatable bonds is 0. The van der Waals surface area contributed by atoms with Crippen molar-refractivity contribution in [1.82, 2.24) is 0 Å². The van der Waals surface area contributed by atoms with Gasteiger partial charge in [-0.2, -0.15) is 39.0 Å². The van der Waals surface area contributed by atoms with Gasteiger partial charge in [-0.25, -0.2) is 12.1 Å². The quantitative estimate of drug-likeness (QED) is 0.633. The Balaban J connectivity index is -0.0000000267. The van der Waals surface area contributed by atoms with E-state index in [1.165, 1.54) is 0 Å². The minimum atomic E-state index is 0. The molecule has 0 bridgehead atoms. The van der Waals surface area contributed by atoms with Gasteiger partial charge < -0.3 is 31.3 Å². The Morgan fingerprint density at radius 1 is 0.857 bits per heavy atom. The summed E-state index contributed by atoms with van der Waals surface area (Å²) in [4.78, 5) is 7.25. The van der Waals surface area contributed by atoms with Crippen LogP contribution in [0.25, 0.3) is 5.59 Å². The zero-order valence-corrected chi connectivity index (χ0v) is 12.2. The minimum Gasteiger partial charge on any atom is -0.577 e. The van der Waals surface area contributed by atoms with Gasteiger partial charge in [0.2, 0.25) is 0 Å². The van der Waals surface area contributed by atoms with Crippen LogP contribution in [0, 0.1) is 25.7 Å². The summed E-state index contributed by atoms with van der Waals surface area (Å²) in [5.74, 6) is 0. The van der Waals surface area contributed by atoms with Crippen molar-refractivity contribution in [2.45, 2.75) is 20.8 Å². The van der Waals surface area contributed by atoms with Crippen LogP contribution in [-0.2, 0) is 21.1 Å². The van der Waals surface area contributed by atoms with Gasteiger partial charge in [-0.3, -0.25) is 0 Å². The number of hydrogen-bond donors (Lipinski definition) is 0. The second-order valence-corrected chi connectivity index (χ2v) is 0.962. The van der Waals surface area contributed by atoms with Crippen molar-refractivity contribution in [2.24, 2.45) is 0 Å². The first-order valence-electron chi connectivity index (χ1n) is 3.97. The van der Waals surface area contributed by atoms with Gasteiger partial charge in [0.25, 0.3) is 0 Å². The predicted molar refractivity (Wildman–Crippen MR) is 61.9 cm³/mol. The summed E-state index contributed by atoms with van der Waals surface area (Å²) in [6, 6.07) is 10.0. The summed E-state index contributed by atoms with van der Waals surface area (Å²) in [6.07, 6.45) is 0. The van der Waals surface area contributed by atoms with Gasteiger partial charge in [0, 0.05) is 21.1 Å². The molecule has 0 aliphatic rings. The topological polar surface area (TPSA) is 39.4 Å². The maximum atomic E-state index is 7.25. The number of nitroso groups, excluding NO2 is 1. The average Bonchev–Trinajstić information content (AvgIpc) is 2.87. The molecule has 0 aliphatic carbocycles. The van der Waals surface area contributed by atoms with E-state index in [9.17, 15) is 0 Å². The van der Waals surface area contributed by atoms with Crippen molar-refractivity contribution in [3.05, 3.63) is 61.6 Å². The van der Waals surface area contributed by atoms with E-state index in [2.05, 4.69) is 20.8 Å². The molecule has 0 heterocycles. The van der Waals surface area contributed by atoms with Crippen LogP contribution >= 0.6 is 0 Å². The van der Waals surface area contributed by atoms with Gasteiger partial charge in [-0.1, -0.05) is 0 Å². The molecule has 0 aliphatic heterocycles. The number of hydrogen-bond acceptors (Lipinski definition) is 1. The molecule has 1 aromatic rings. The summed E-state index contributed by atoms with van der Waals surface area (Å²) < 4.78 is 0. The van der Waals surface area contributed by atoms with Crippen LogP contribution in [0.15, 0.2) is 30.3 Å². The van der Waals surface area contributed by atoms with E-state index in [4.69, 9.17) is 10.5 Å². The van der Waals surface area contributed by atoms with E-state index in [-0.39, 0.29) is 21.1 Å². The smallest absolute Gasteiger partial charge is 0 e. The molecular formula is C11H20NOW-5. The zero-order valence-electron chi connectivity index (χ0n) is 9.27. The van der Waals surface area contributed by atoms with Gasteiger partial charge in [-0.15, -0.1) is 0 Å². The van der Waals surface area contributed by atoms with Gasteiger partial charge in [0.05, 0.1) is 0 Å². The molecule has 1 rings (SSSR count). The first-order valence-corrected chi connectivity index (χ1v) is 3.97. The standard InChI is InChI=1S/C5H5.3C2H5.NO.W/c1-2-4-5-3-1;4*1-2;/h1-5H;3*1H2,2H3;;/q5*-1;. The Hall–Kier alpha value is -0.362. The van der Waals surface area contributed by atoms with Crippen molar-refractivity contribution in [3.8, 4) is 0 Å². The summed E-state index contributed by atoms with van der Waals surface area (Å²) in [5, 5.41) is 0. The summed E-state index contributed by atoms with van der Waals surface area (Å²) in [6.45, 7) is 15.0. The van der Waals surface area contributed by atoms with Gasteiger partial charge in [-0.05, 0) is 0 Å². The molecule has 0 spiro atoms. The van der Waals surface area contributed by atoms with Crippen LogP contribution in [0.5, 0.6) is 0 Å². The summed E-state index contributed by atoms with van der Waals surface area (Å²) in [7, 11) is 0. The Morgan fingerprint density at radius 2 is 1.07 bits per heavy atom.